The largest absolute Gasteiger partial charge is 0.493 e. The zero-order valence-electron chi connectivity index (χ0n) is 15.1. The Morgan fingerprint density at radius 1 is 1.19 bits per heavy atom. The molecule has 3 aromatic rings. The lowest BCUT2D eigenvalue weighted by Gasteiger charge is -2.11. The van der Waals surface area contributed by atoms with E-state index in [1.807, 2.05) is 25.1 Å². The molecule has 2 aromatic carbocycles. The van der Waals surface area contributed by atoms with Gasteiger partial charge in [0.1, 0.15) is 5.82 Å². The van der Waals surface area contributed by atoms with Gasteiger partial charge >= 0.3 is 0 Å². The first-order valence-electron chi connectivity index (χ1n) is 8.50. The Labute approximate surface area is 156 Å². The minimum Gasteiger partial charge on any atom is -0.493 e. The minimum absolute atomic E-state index is 0.247. The number of hydrogen-bond donors (Lipinski definition) is 1. The van der Waals surface area contributed by atoms with E-state index in [0.29, 0.717) is 30.3 Å². The third kappa shape index (κ3) is 4.44. The Bertz CT molecular complexity index is 940. The Kier molecular flexibility index (Phi) is 5.71. The highest BCUT2D eigenvalue weighted by Crippen LogP contribution is 2.28. The van der Waals surface area contributed by atoms with E-state index in [4.69, 9.17) is 9.47 Å². The van der Waals surface area contributed by atoms with Gasteiger partial charge in [-0.05, 0) is 48.9 Å². The van der Waals surface area contributed by atoms with Gasteiger partial charge in [-0.15, -0.1) is 0 Å². The van der Waals surface area contributed by atoms with Gasteiger partial charge in [0, 0.05) is 12.7 Å². The van der Waals surface area contributed by atoms with E-state index >= 15 is 0 Å². The number of amides is 1. The first kappa shape index (κ1) is 18.4. The molecule has 0 aliphatic rings. The SMILES string of the molecule is CCOc1ccc(CNC(=O)c2ccn(-c3cccc(F)c3)n2)cc1OC. The van der Waals surface area contributed by atoms with E-state index in [1.165, 1.54) is 16.8 Å². The van der Waals surface area contributed by atoms with Crippen molar-refractivity contribution in [3.8, 4) is 17.2 Å². The molecule has 27 heavy (non-hydrogen) atoms. The highest BCUT2D eigenvalue weighted by atomic mass is 19.1. The van der Waals surface area contributed by atoms with Gasteiger partial charge in [-0.1, -0.05) is 12.1 Å². The summed E-state index contributed by atoms with van der Waals surface area (Å²) >= 11 is 0. The lowest BCUT2D eigenvalue weighted by molar-refractivity contribution is 0.0945. The van der Waals surface area contributed by atoms with Gasteiger partial charge in [0.15, 0.2) is 17.2 Å². The number of hydrogen-bond acceptors (Lipinski definition) is 4. The maximum Gasteiger partial charge on any atom is 0.272 e. The maximum absolute atomic E-state index is 13.3. The van der Waals surface area contributed by atoms with Crippen LogP contribution in [-0.4, -0.2) is 29.4 Å². The van der Waals surface area contributed by atoms with Crippen molar-refractivity contribution in [2.75, 3.05) is 13.7 Å². The molecule has 1 heterocycles. The number of methoxy groups -OCH3 is 1. The Morgan fingerprint density at radius 3 is 2.78 bits per heavy atom. The first-order valence-corrected chi connectivity index (χ1v) is 8.50. The Hall–Kier alpha value is -3.35. The van der Waals surface area contributed by atoms with Crippen molar-refractivity contribution in [2.24, 2.45) is 0 Å². The van der Waals surface area contributed by atoms with Crippen LogP contribution in [0.4, 0.5) is 4.39 Å². The fourth-order valence-corrected chi connectivity index (χ4v) is 2.58. The molecule has 3 rings (SSSR count). The summed E-state index contributed by atoms with van der Waals surface area (Å²) in [5.41, 5.74) is 1.66. The average molecular weight is 369 g/mol. The van der Waals surface area contributed by atoms with Crippen LogP contribution in [-0.2, 0) is 6.54 Å². The molecular weight excluding hydrogens is 349 g/mol. The first-order chi connectivity index (χ1) is 13.1. The number of aromatic nitrogens is 2. The third-order valence-electron chi connectivity index (χ3n) is 3.88. The van der Waals surface area contributed by atoms with Crippen molar-refractivity contribution in [1.82, 2.24) is 15.1 Å². The highest BCUT2D eigenvalue weighted by Gasteiger charge is 2.11. The monoisotopic (exact) mass is 369 g/mol. The fourth-order valence-electron chi connectivity index (χ4n) is 2.58. The van der Waals surface area contributed by atoms with Crippen molar-refractivity contribution in [1.29, 1.82) is 0 Å². The molecule has 1 aromatic heterocycles. The van der Waals surface area contributed by atoms with Crippen LogP contribution in [0.2, 0.25) is 0 Å². The normalized spacial score (nSPS) is 10.5. The Balaban J connectivity index is 1.66. The van der Waals surface area contributed by atoms with E-state index in [0.717, 1.165) is 5.56 Å². The van der Waals surface area contributed by atoms with Gasteiger partial charge in [0.25, 0.3) is 5.91 Å². The number of carbonyl (C=O) groups excluding carboxylic acids is 1. The van der Waals surface area contributed by atoms with Gasteiger partial charge in [0.2, 0.25) is 0 Å². The second kappa shape index (κ2) is 8.35. The second-order valence-electron chi connectivity index (χ2n) is 5.73. The minimum atomic E-state index is -0.363. The molecule has 0 aliphatic heterocycles. The standard InChI is InChI=1S/C20H20FN3O3/c1-3-27-18-8-7-14(11-19(18)26-2)13-22-20(25)17-9-10-24(23-17)16-6-4-5-15(21)12-16/h4-12H,3,13H2,1-2H3,(H,22,25). The van der Waals surface area contributed by atoms with Crippen LogP contribution in [0.15, 0.2) is 54.7 Å². The van der Waals surface area contributed by atoms with Crippen molar-refractivity contribution in [3.63, 3.8) is 0 Å². The summed E-state index contributed by atoms with van der Waals surface area (Å²) in [7, 11) is 1.57. The Morgan fingerprint density at radius 2 is 2.04 bits per heavy atom. The molecule has 1 N–H and O–H groups in total. The quantitative estimate of drug-likeness (QED) is 0.694. The van der Waals surface area contributed by atoms with E-state index in [1.54, 1.807) is 31.5 Å². The van der Waals surface area contributed by atoms with Gasteiger partial charge in [0.05, 0.1) is 19.4 Å². The molecule has 1 amide bonds. The maximum atomic E-state index is 13.3. The molecule has 0 fully saturated rings. The van der Waals surface area contributed by atoms with Crippen molar-refractivity contribution >= 4 is 5.91 Å². The summed E-state index contributed by atoms with van der Waals surface area (Å²) in [6.07, 6.45) is 1.61. The van der Waals surface area contributed by atoms with Crippen LogP contribution in [0.3, 0.4) is 0 Å². The summed E-state index contributed by atoms with van der Waals surface area (Å²) in [6, 6.07) is 13.1. The summed E-state index contributed by atoms with van der Waals surface area (Å²) in [5, 5.41) is 7.01. The molecule has 0 bridgehead atoms. The van der Waals surface area contributed by atoms with E-state index < -0.39 is 0 Å². The predicted molar refractivity (Wildman–Crippen MR) is 98.9 cm³/mol. The van der Waals surface area contributed by atoms with E-state index in [2.05, 4.69) is 10.4 Å². The molecule has 0 radical (unpaired) electrons. The van der Waals surface area contributed by atoms with E-state index in [-0.39, 0.29) is 17.4 Å². The number of halogens is 1. The highest BCUT2D eigenvalue weighted by molar-refractivity contribution is 5.92. The van der Waals surface area contributed by atoms with Crippen LogP contribution in [0.1, 0.15) is 23.0 Å². The van der Waals surface area contributed by atoms with Gasteiger partial charge in [-0.2, -0.15) is 5.10 Å². The topological polar surface area (TPSA) is 65.4 Å². The smallest absolute Gasteiger partial charge is 0.272 e. The zero-order chi connectivity index (χ0) is 19.2. The van der Waals surface area contributed by atoms with Crippen molar-refractivity contribution in [2.45, 2.75) is 13.5 Å². The third-order valence-corrected chi connectivity index (χ3v) is 3.88. The molecule has 0 spiro atoms. The molecule has 0 saturated carbocycles. The molecule has 0 aliphatic carbocycles. The van der Waals surface area contributed by atoms with Crippen LogP contribution < -0.4 is 14.8 Å². The zero-order valence-corrected chi connectivity index (χ0v) is 15.1. The summed E-state index contributed by atoms with van der Waals surface area (Å²) in [4.78, 5) is 12.3. The average Bonchev–Trinajstić information content (AvgIpc) is 3.17. The fraction of sp³-hybridized carbons (Fsp3) is 0.200. The lowest BCUT2D eigenvalue weighted by Crippen LogP contribution is -2.23. The van der Waals surface area contributed by atoms with Crippen LogP contribution in [0.5, 0.6) is 11.5 Å². The second-order valence-corrected chi connectivity index (χ2v) is 5.73. The molecule has 0 unspecified atom stereocenters. The molecule has 7 heteroatoms. The van der Waals surface area contributed by atoms with Crippen LogP contribution in [0.25, 0.3) is 5.69 Å². The van der Waals surface area contributed by atoms with Crippen molar-refractivity contribution < 1.29 is 18.7 Å². The van der Waals surface area contributed by atoms with E-state index in [9.17, 15) is 9.18 Å². The van der Waals surface area contributed by atoms with Gasteiger partial charge < -0.3 is 14.8 Å². The number of rotatable bonds is 7. The molecule has 0 saturated heterocycles. The number of ether oxygens (including phenoxy) is 2. The number of benzene rings is 2. The summed E-state index contributed by atoms with van der Waals surface area (Å²) in [5.74, 6) is 0.583. The number of carbonyl (C=O) groups is 1. The van der Waals surface area contributed by atoms with Gasteiger partial charge in [-0.25, -0.2) is 9.07 Å². The van der Waals surface area contributed by atoms with Crippen LogP contribution >= 0.6 is 0 Å². The molecular formula is C20H20FN3O3. The summed E-state index contributed by atoms with van der Waals surface area (Å²) in [6.45, 7) is 2.76. The van der Waals surface area contributed by atoms with Crippen LogP contribution in [0, 0.1) is 5.82 Å². The number of nitrogens with zero attached hydrogens (tertiary/aromatic N) is 2. The molecule has 140 valence electrons. The number of nitrogens with one attached hydrogen (secondary N) is 1. The predicted octanol–water partition coefficient (Wildman–Crippen LogP) is 3.35. The molecule has 6 nitrogen and oxygen atoms in total. The van der Waals surface area contributed by atoms with Gasteiger partial charge in [-0.3, -0.25) is 4.79 Å². The van der Waals surface area contributed by atoms with Crippen molar-refractivity contribution in [3.05, 3.63) is 71.8 Å². The lowest BCUT2D eigenvalue weighted by atomic mass is 10.2. The summed E-state index contributed by atoms with van der Waals surface area (Å²) < 4.78 is 25.6. The molecule has 0 atom stereocenters.